The second kappa shape index (κ2) is 7.74. The lowest BCUT2D eigenvalue weighted by molar-refractivity contribution is -0.123. The van der Waals surface area contributed by atoms with Crippen LogP contribution in [-0.2, 0) is 4.79 Å². The smallest absolute Gasteiger partial charge is 0.234 e. The van der Waals surface area contributed by atoms with E-state index in [1.54, 1.807) is 0 Å². The maximum absolute atomic E-state index is 13.3. The number of rotatable bonds is 4. The molecule has 0 spiro atoms. The summed E-state index contributed by atoms with van der Waals surface area (Å²) in [6, 6.07) is 5.16. The summed E-state index contributed by atoms with van der Waals surface area (Å²) in [6.45, 7) is 2.31. The fourth-order valence-corrected chi connectivity index (χ4v) is 4.42. The number of hydrogen-bond acceptors (Lipinski definition) is 3. The lowest BCUT2D eigenvalue weighted by Gasteiger charge is -2.32. The first-order valence-electron chi connectivity index (χ1n) is 9.84. The van der Waals surface area contributed by atoms with Gasteiger partial charge in [0.2, 0.25) is 5.91 Å². The number of amides is 1. The molecule has 6 heteroatoms. The van der Waals surface area contributed by atoms with Crippen LogP contribution in [0.2, 0.25) is 0 Å². The molecule has 2 aromatic rings. The van der Waals surface area contributed by atoms with Gasteiger partial charge in [0.1, 0.15) is 5.82 Å². The minimum Gasteiger partial charge on any atom is -0.352 e. The number of aromatic amines is 1. The van der Waals surface area contributed by atoms with Crippen LogP contribution in [0.15, 0.2) is 18.2 Å². The van der Waals surface area contributed by atoms with Crippen molar-refractivity contribution in [3.8, 4) is 0 Å². The van der Waals surface area contributed by atoms with E-state index in [2.05, 4.69) is 20.4 Å². The molecule has 2 N–H and O–H groups in total. The van der Waals surface area contributed by atoms with Gasteiger partial charge in [-0.05, 0) is 50.9 Å². The van der Waals surface area contributed by atoms with Crippen molar-refractivity contribution >= 4 is 16.8 Å². The van der Waals surface area contributed by atoms with Crippen molar-refractivity contribution in [1.82, 2.24) is 20.4 Å². The van der Waals surface area contributed by atoms with Crippen LogP contribution in [0.5, 0.6) is 0 Å². The van der Waals surface area contributed by atoms with E-state index in [0.717, 1.165) is 49.9 Å². The highest BCUT2D eigenvalue weighted by molar-refractivity contribution is 5.82. The third-order valence-corrected chi connectivity index (χ3v) is 5.88. The average Bonchev–Trinajstić information content (AvgIpc) is 3.06. The normalized spacial score (nSPS) is 20.5. The zero-order chi connectivity index (χ0) is 17.9. The summed E-state index contributed by atoms with van der Waals surface area (Å²) in [5, 5.41) is 11.6. The Kier molecular flexibility index (Phi) is 5.20. The first kappa shape index (κ1) is 17.5. The summed E-state index contributed by atoms with van der Waals surface area (Å²) >= 11 is 0. The minimum atomic E-state index is -0.255. The number of nitrogens with zero attached hydrogens (tertiary/aromatic N) is 2. The highest BCUT2D eigenvalue weighted by atomic mass is 19.1. The maximum Gasteiger partial charge on any atom is 0.234 e. The SMILES string of the molecule is O=C(CN1CCC(c2[nH]nc3cc(F)ccc23)CC1)NC1CCCCC1. The number of nitrogens with one attached hydrogen (secondary N) is 2. The van der Waals surface area contributed by atoms with Crippen molar-refractivity contribution in [2.45, 2.75) is 56.9 Å². The fourth-order valence-electron chi connectivity index (χ4n) is 4.42. The summed E-state index contributed by atoms with van der Waals surface area (Å²) in [5.74, 6) is 0.301. The van der Waals surface area contributed by atoms with E-state index in [1.807, 2.05) is 6.07 Å². The molecule has 2 fully saturated rings. The Morgan fingerprint density at radius 2 is 1.96 bits per heavy atom. The Hall–Kier alpha value is -1.95. The van der Waals surface area contributed by atoms with Crippen LogP contribution in [0.25, 0.3) is 10.9 Å². The number of benzene rings is 1. The first-order chi connectivity index (χ1) is 12.7. The predicted molar refractivity (Wildman–Crippen MR) is 99.5 cm³/mol. The Bertz CT molecular complexity index is 760. The molecule has 1 amide bonds. The van der Waals surface area contributed by atoms with Gasteiger partial charge in [-0.2, -0.15) is 5.10 Å². The minimum absolute atomic E-state index is 0.165. The molecule has 1 aromatic heterocycles. The molecule has 1 saturated heterocycles. The molecule has 2 aliphatic rings. The van der Waals surface area contributed by atoms with Crippen molar-refractivity contribution in [3.05, 3.63) is 29.7 Å². The van der Waals surface area contributed by atoms with Crippen LogP contribution in [0.3, 0.4) is 0 Å². The lowest BCUT2D eigenvalue weighted by atomic mass is 9.91. The van der Waals surface area contributed by atoms with Gasteiger partial charge in [0.15, 0.2) is 0 Å². The van der Waals surface area contributed by atoms with Crippen LogP contribution in [0.4, 0.5) is 4.39 Å². The molecule has 0 bridgehead atoms. The molecule has 5 nitrogen and oxygen atoms in total. The summed E-state index contributed by atoms with van der Waals surface area (Å²) in [5.41, 5.74) is 1.79. The van der Waals surface area contributed by atoms with E-state index >= 15 is 0 Å². The van der Waals surface area contributed by atoms with E-state index in [-0.39, 0.29) is 11.7 Å². The van der Waals surface area contributed by atoms with Crippen molar-refractivity contribution in [2.75, 3.05) is 19.6 Å². The quantitative estimate of drug-likeness (QED) is 0.881. The van der Waals surface area contributed by atoms with E-state index < -0.39 is 0 Å². The molecule has 1 aromatic carbocycles. The van der Waals surface area contributed by atoms with Crippen molar-refractivity contribution in [2.24, 2.45) is 0 Å². The van der Waals surface area contributed by atoms with Gasteiger partial charge in [-0.3, -0.25) is 14.8 Å². The molecule has 1 saturated carbocycles. The Labute approximate surface area is 153 Å². The van der Waals surface area contributed by atoms with Gasteiger partial charge in [0.25, 0.3) is 0 Å². The number of halogens is 1. The van der Waals surface area contributed by atoms with Crippen molar-refractivity contribution in [3.63, 3.8) is 0 Å². The van der Waals surface area contributed by atoms with Crippen LogP contribution in [0.1, 0.15) is 56.6 Å². The van der Waals surface area contributed by atoms with Crippen LogP contribution < -0.4 is 5.32 Å². The van der Waals surface area contributed by atoms with Gasteiger partial charge in [-0.15, -0.1) is 0 Å². The zero-order valence-electron chi connectivity index (χ0n) is 15.1. The maximum atomic E-state index is 13.3. The Morgan fingerprint density at radius 1 is 1.19 bits per heavy atom. The number of likely N-dealkylation sites (tertiary alicyclic amines) is 1. The molecule has 1 aliphatic heterocycles. The average molecular weight is 358 g/mol. The van der Waals surface area contributed by atoms with Crippen molar-refractivity contribution in [1.29, 1.82) is 0 Å². The number of hydrogen-bond donors (Lipinski definition) is 2. The number of fused-ring (bicyclic) bond motifs is 1. The Morgan fingerprint density at radius 3 is 2.73 bits per heavy atom. The van der Waals surface area contributed by atoms with E-state index in [1.165, 1.54) is 31.4 Å². The molecule has 0 unspecified atom stereocenters. The van der Waals surface area contributed by atoms with Crippen LogP contribution in [0, 0.1) is 5.82 Å². The molecule has 4 rings (SSSR count). The predicted octanol–water partition coefficient (Wildman–Crippen LogP) is 3.33. The fraction of sp³-hybridized carbons (Fsp3) is 0.600. The lowest BCUT2D eigenvalue weighted by Crippen LogP contribution is -2.44. The van der Waals surface area contributed by atoms with Gasteiger partial charge < -0.3 is 5.32 Å². The molecular formula is C20H27FN4O. The van der Waals surface area contributed by atoms with Gasteiger partial charge in [-0.1, -0.05) is 19.3 Å². The van der Waals surface area contributed by atoms with Gasteiger partial charge in [-0.25, -0.2) is 4.39 Å². The van der Waals surface area contributed by atoms with Gasteiger partial charge in [0.05, 0.1) is 12.1 Å². The Balaban J connectivity index is 1.30. The molecule has 26 heavy (non-hydrogen) atoms. The van der Waals surface area contributed by atoms with Crippen LogP contribution >= 0.6 is 0 Å². The van der Waals surface area contributed by atoms with Gasteiger partial charge >= 0.3 is 0 Å². The highest BCUT2D eigenvalue weighted by Gasteiger charge is 2.25. The molecule has 1 aliphatic carbocycles. The second-order valence-electron chi connectivity index (χ2n) is 7.75. The zero-order valence-corrected chi connectivity index (χ0v) is 15.1. The van der Waals surface area contributed by atoms with Crippen LogP contribution in [-0.4, -0.2) is 46.7 Å². The van der Waals surface area contributed by atoms with E-state index in [4.69, 9.17) is 0 Å². The third-order valence-electron chi connectivity index (χ3n) is 5.88. The number of H-pyrrole nitrogens is 1. The number of carbonyl (C=O) groups excluding carboxylic acids is 1. The first-order valence-corrected chi connectivity index (χ1v) is 9.84. The van der Waals surface area contributed by atoms with Gasteiger partial charge in [0, 0.05) is 29.1 Å². The molecule has 0 radical (unpaired) electrons. The summed E-state index contributed by atoms with van der Waals surface area (Å²) in [4.78, 5) is 14.5. The third kappa shape index (κ3) is 3.90. The molecule has 2 heterocycles. The van der Waals surface area contributed by atoms with Crippen molar-refractivity contribution < 1.29 is 9.18 Å². The number of aromatic nitrogens is 2. The summed E-state index contributed by atoms with van der Waals surface area (Å²) in [7, 11) is 0. The summed E-state index contributed by atoms with van der Waals surface area (Å²) < 4.78 is 13.3. The van der Waals surface area contributed by atoms with E-state index in [0.29, 0.717) is 24.0 Å². The standard InChI is InChI=1S/C20H27FN4O/c21-15-6-7-17-18(12-15)23-24-20(17)14-8-10-25(11-9-14)13-19(26)22-16-4-2-1-3-5-16/h6-7,12,14,16H,1-5,8-11,13H2,(H,22,26)(H,23,24). The monoisotopic (exact) mass is 358 g/mol. The number of carbonyl (C=O) groups is 1. The summed E-state index contributed by atoms with van der Waals surface area (Å²) in [6.07, 6.45) is 8.00. The topological polar surface area (TPSA) is 61.0 Å². The molecular weight excluding hydrogens is 331 g/mol. The molecule has 140 valence electrons. The number of piperidine rings is 1. The highest BCUT2D eigenvalue weighted by Crippen LogP contribution is 2.31. The second-order valence-corrected chi connectivity index (χ2v) is 7.75. The van der Waals surface area contributed by atoms with E-state index in [9.17, 15) is 9.18 Å². The largest absolute Gasteiger partial charge is 0.352 e. The molecule has 0 atom stereocenters.